The van der Waals surface area contributed by atoms with Gasteiger partial charge in [-0.15, -0.1) is 0 Å². The van der Waals surface area contributed by atoms with Crippen LogP contribution in [0, 0.1) is 0 Å². The zero-order valence-corrected chi connectivity index (χ0v) is 18.3. The normalized spacial score (nSPS) is 14.1. The minimum atomic E-state index is -0.0436. The van der Waals surface area contributed by atoms with Crippen LogP contribution in [0.1, 0.15) is 32.4 Å². The fraction of sp³-hybridized carbons (Fsp3) is 0.300. The Morgan fingerprint density at radius 2 is 2.12 bits per heavy atom. The summed E-state index contributed by atoms with van der Waals surface area (Å²) in [5, 5.41) is 4.10. The number of rotatable bonds is 5. The highest BCUT2D eigenvalue weighted by Gasteiger charge is 2.26. The predicted octanol–water partition coefficient (Wildman–Crippen LogP) is 1.18. The van der Waals surface area contributed by atoms with Gasteiger partial charge in [-0.3, -0.25) is 4.79 Å². The smallest absolute Gasteiger partial charge is 0.221 e. The maximum atomic E-state index is 11.3. The summed E-state index contributed by atoms with van der Waals surface area (Å²) < 4.78 is 2.12. The first-order valence-electron chi connectivity index (χ1n) is 8.62. The third-order valence-corrected chi connectivity index (χ3v) is 5.25. The van der Waals surface area contributed by atoms with Gasteiger partial charge in [0.05, 0.1) is 10.7 Å². The molecule has 0 fully saturated rings. The molecular weight excluding hydrogens is 457 g/mol. The Bertz CT molecular complexity index is 822. The lowest BCUT2D eigenvalue weighted by atomic mass is 10.2. The van der Waals surface area contributed by atoms with E-state index < -0.39 is 0 Å². The molecule has 2 aromatic rings. The molecule has 6 heteroatoms. The van der Waals surface area contributed by atoms with Crippen molar-refractivity contribution in [3.8, 4) is 0 Å². The number of carbonyl (C=O) groups is 1. The van der Waals surface area contributed by atoms with Gasteiger partial charge >= 0.3 is 0 Å². The van der Waals surface area contributed by atoms with Gasteiger partial charge in [-0.1, -0.05) is 25.1 Å². The second kappa shape index (κ2) is 9.41. The van der Waals surface area contributed by atoms with Gasteiger partial charge in [-0.2, -0.15) is 0 Å². The highest BCUT2D eigenvalue weighted by atomic mass is 127. The standard InChI is InChI=1S/C20H23N3OS.HI/c1-4-5-12-23-18-10-9-16(21-15(2)24)13-19(18)25-20(23)14-17-8-6-7-11-22(17)3;/h6-11,13-14H,4-5,12H2,1-3H3;1H. The van der Waals surface area contributed by atoms with Gasteiger partial charge < -0.3 is 34.2 Å². The molecule has 2 heterocycles. The Morgan fingerprint density at radius 1 is 1.31 bits per heavy atom. The minimum Gasteiger partial charge on any atom is -1.00 e. The number of amides is 1. The van der Waals surface area contributed by atoms with E-state index in [1.54, 1.807) is 11.8 Å². The number of nitrogens with zero attached hydrogens (tertiary/aromatic N) is 2. The van der Waals surface area contributed by atoms with Crippen molar-refractivity contribution < 1.29 is 33.3 Å². The topological polar surface area (TPSA) is 36.2 Å². The number of aromatic nitrogens is 1. The van der Waals surface area contributed by atoms with Gasteiger partial charge in [0.15, 0.2) is 6.20 Å². The molecule has 26 heavy (non-hydrogen) atoms. The van der Waals surface area contributed by atoms with Crippen molar-refractivity contribution in [2.24, 2.45) is 7.05 Å². The molecule has 0 spiro atoms. The van der Waals surface area contributed by atoms with Crippen LogP contribution in [0.4, 0.5) is 11.4 Å². The largest absolute Gasteiger partial charge is 1.00 e. The van der Waals surface area contributed by atoms with Crippen LogP contribution in [0.3, 0.4) is 0 Å². The lowest BCUT2D eigenvalue weighted by molar-refractivity contribution is -0.673. The van der Waals surface area contributed by atoms with E-state index in [9.17, 15) is 4.79 Å². The second-order valence-corrected chi connectivity index (χ2v) is 7.25. The fourth-order valence-corrected chi connectivity index (χ4v) is 4.03. The zero-order chi connectivity index (χ0) is 17.8. The SMILES string of the molecule is CCCCN1C(=Cc2cccc[n+]2C)Sc2cc(NC(C)=O)ccc21.[I-]. The summed E-state index contributed by atoms with van der Waals surface area (Å²) >= 11 is 1.76. The summed E-state index contributed by atoms with van der Waals surface area (Å²) in [6.45, 7) is 4.75. The highest BCUT2D eigenvalue weighted by molar-refractivity contribution is 8.03. The maximum Gasteiger partial charge on any atom is 0.221 e. The van der Waals surface area contributed by atoms with Gasteiger partial charge in [0.25, 0.3) is 0 Å². The number of carbonyl (C=O) groups excluding carboxylic acids is 1. The molecule has 1 N–H and O–H groups in total. The molecule has 0 aliphatic carbocycles. The Kier molecular flexibility index (Phi) is 7.52. The first-order chi connectivity index (χ1) is 12.1. The van der Waals surface area contributed by atoms with Crippen molar-refractivity contribution in [3.05, 3.63) is 53.3 Å². The van der Waals surface area contributed by atoms with E-state index in [0.29, 0.717) is 0 Å². The summed E-state index contributed by atoms with van der Waals surface area (Å²) in [7, 11) is 2.06. The molecule has 0 saturated heterocycles. The van der Waals surface area contributed by atoms with Gasteiger partial charge in [0.1, 0.15) is 7.05 Å². The quantitative estimate of drug-likeness (QED) is 0.515. The summed E-state index contributed by atoms with van der Waals surface area (Å²) in [4.78, 5) is 14.9. The number of hydrogen-bond acceptors (Lipinski definition) is 3. The number of hydrogen-bond donors (Lipinski definition) is 1. The number of unbranched alkanes of at least 4 members (excludes halogenated alkanes) is 1. The van der Waals surface area contributed by atoms with Crippen molar-refractivity contribution >= 4 is 35.1 Å². The van der Waals surface area contributed by atoms with Gasteiger partial charge in [0, 0.05) is 42.3 Å². The molecule has 4 nitrogen and oxygen atoms in total. The predicted molar refractivity (Wildman–Crippen MR) is 104 cm³/mol. The lowest BCUT2D eigenvalue weighted by Gasteiger charge is -2.20. The van der Waals surface area contributed by atoms with Crippen LogP contribution in [0.5, 0.6) is 0 Å². The summed E-state index contributed by atoms with van der Waals surface area (Å²) in [6.07, 6.45) is 6.60. The Balaban J connectivity index is 0.00000243. The summed E-state index contributed by atoms with van der Waals surface area (Å²) in [5.74, 6) is -0.0436. The minimum absolute atomic E-state index is 0. The molecule has 1 aromatic heterocycles. The van der Waals surface area contributed by atoms with Crippen molar-refractivity contribution in [1.29, 1.82) is 0 Å². The number of thioether (sulfide) groups is 1. The Labute approximate surface area is 176 Å². The Morgan fingerprint density at radius 3 is 2.81 bits per heavy atom. The molecule has 0 saturated carbocycles. The van der Waals surface area contributed by atoms with Crippen LogP contribution in [0.2, 0.25) is 0 Å². The zero-order valence-electron chi connectivity index (χ0n) is 15.3. The highest BCUT2D eigenvalue weighted by Crippen LogP contribution is 2.47. The summed E-state index contributed by atoms with van der Waals surface area (Å²) in [5.41, 5.74) is 3.24. The monoisotopic (exact) mass is 481 g/mol. The molecule has 138 valence electrons. The first-order valence-corrected chi connectivity index (χ1v) is 9.43. The van der Waals surface area contributed by atoms with Crippen LogP contribution in [0.25, 0.3) is 6.08 Å². The van der Waals surface area contributed by atoms with E-state index in [2.05, 4.69) is 65.3 Å². The third-order valence-electron chi connectivity index (χ3n) is 4.15. The van der Waals surface area contributed by atoms with Crippen LogP contribution in [0.15, 0.2) is 52.5 Å². The van der Waals surface area contributed by atoms with Gasteiger partial charge in [0.2, 0.25) is 11.6 Å². The van der Waals surface area contributed by atoms with Crippen molar-refractivity contribution in [1.82, 2.24) is 0 Å². The number of pyridine rings is 1. The average molecular weight is 481 g/mol. The van der Waals surface area contributed by atoms with Crippen molar-refractivity contribution in [2.75, 3.05) is 16.8 Å². The number of anilines is 2. The third kappa shape index (κ3) is 4.79. The van der Waals surface area contributed by atoms with E-state index in [0.717, 1.165) is 25.1 Å². The molecular formula is C20H24IN3OS. The van der Waals surface area contributed by atoms with Gasteiger partial charge in [-0.05, 0) is 30.7 Å². The molecule has 0 unspecified atom stereocenters. The molecule has 1 amide bonds. The fourth-order valence-electron chi connectivity index (χ4n) is 2.85. The van der Waals surface area contributed by atoms with E-state index in [1.807, 2.05) is 12.1 Å². The molecule has 0 bridgehead atoms. The number of halogens is 1. The van der Waals surface area contributed by atoms with Crippen LogP contribution in [-0.2, 0) is 11.8 Å². The lowest BCUT2D eigenvalue weighted by Crippen LogP contribution is -3.00. The molecule has 0 atom stereocenters. The maximum absolute atomic E-state index is 11.3. The molecule has 3 rings (SSSR count). The van der Waals surface area contributed by atoms with Crippen molar-refractivity contribution in [2.45, 2.75) is 31.6 Å². The first kappa shape index (κ1) is 20.8. The average Bonchev–Trinajstić information content (AvgIpc) is 2.91. The molecule has 1 aliphatic rings. The number of aryl methyl sites for hydroxylation is 1. The number of fused-ring (bicyclic) bond motifs is 1. The van der Waals surface area contributed by atoms with E-state index in [4.69, 9.17) is 0 Å². The van der Waals surface area contributed by atoms with E-state index in [1.165, 1.54) is 28.2 Å². The molecule has 1 aromatic carbocycles. The second-order valence-electron chi connectivity index (χ2n) is 6.19. The van der Waals surface area contributed by atoms with Crippen LogP contribution < -0.4 is 38.8 Å². The van der Waals surface area contributed by atoms with Crippen LogP contribution >= 0.6 is 11.8 Å². The summed E-state index contributed by atoms with van der Waals surface area (Å²) in [6, 6.07) is 12.4. The van der Waals surface area contributed by atoms with Crippen molar-refractivity contribution in [3.63, 3.8) is 0 Å². The molecule has 1 aliphatic heterocycles. The van der Waals surface area contributed by atoms with Crippen LogP contribution in [-0.4, -0.2) is 12.5 Å². The van der Waals surface area contributed by atoms with E-state index >= 15 is 0 Å². The van der Waals surface area contributed by atoms with E-state index in [-0.39, 0.29) is 29.9 Å². The van der Waals surface area contributed by atoms with Gasteiger partial charge in [-0.25, -0.2) is 4.57 Å². The Hall–Kier alpha value is -1.54. The molecule has 0 radical (unpaired) electrons. The number of benzene rings is 1. The number of nitrogens with one attached hydrogen (secondary N) is 1.